The van der Waals surface area contributed by atoms with Crippen LogP contribution in [-0.4, -0.2) is 58.4 Å². The Labute approximate surface area is 183 Å². The van der Waals surface area contributed by atoms with Crippen LogP contribution in [0, 0.1) is 5.82 Å². The van der Waals surface area contributed by atoms with Crippen LogP contribution in [0.1, 0.15) is 16.1 Å². The Morgan fingerprint density at radius 1 is 1.12 bits per heavy atom. The Morgan fingerprint density at radius 2 is 1.94 bits per heavy atom. The molecule has 4 heterocycles. The highest BCUT2D eigenvalue weighted by molar-refractivity contribution is 5.92. The monoisotopic (exact) mass is 434 g/mol. The Balaban J connectivity index is 1.30. The number of hydrogen-bond donors (Lipinski definition) is 2. The van der Waals surface area contributed by atoms with Gasteiger partial charge in [-0.15, -0.1) is 0 Å². The lowest BCUT2D eigenvalue weighted by atomic mass is 10.1. The molecular weight excluding hydrogens is 411 g/mol. The fraction of sp³-hybridized carbons (Fsp3) is 0.261. The largest absolute Gasteiger partial charge is 0.368 e. The molecule has 0 aliphatic carbocycles. The summed E-state index contributed by atoms with van der Waals surface area (Å²) < 4.78 is 17.0. The fourth-order valence-corrected chi connectivity index (χ4v) is 4.24. The lowest BCUT2D eigenvalue weighted by Crippen LogP contribution is -2.46. The number of benzene rings is 1. The summed E-state index contributed by atoms with van der Waals surface area (Å²) in [6.07, 6.45) is 3.48. The Hall–Kier alpha value is -3.72. The molecule has 8 nitrogen and oxygen atoms in total. The number of rotatable bonds is 4. The number of anilines is 1. The van der Waals surface area contributed by atoms with Gasteiger partial charge in [0.2, 0.25) is 0 Å². The van der Waals surface area contributed by atoms with E-state index in [1.54, 1.807) is 48.1 Å². The van der Waals surface area contributed by atoms with Gasteiger partial charge >= 0.3 is 0 Å². The average molecular weight is 434 g/mol. The number of hydrogen-bond acceptors (Lipinski definition) is 5. The smallest absolute Gasteiger partial charge is 0.272 e. The lowest BCUT2D eigenvalue weighted by Gasteiger charge is -2.36. The molecule has 4 aromatic rings. The van der Waals surface area contributed by atoms with Crippen molar-refractivity contribution in [1.82, 2.24) is 24.6 Å². The second-order valence-electron chi connectivity index (χ2n) is 7.89. The number of fused-ring (bicyclic) bond motifs is 3. The first kappa shape index (κ1) is 20.2. The first-order chi connectivity index (χ1) is 15.5. The van der Waals surface area contributed by atoms with Crippen molar-refractivity contribution in [2.24, 2.45) is 0 Å². The summed E-state index contributed by atoms with van der Waals surface area (Å²) in [6.45, 7) is 3.55. The van der Waals surface area contributed by atoms with E-state index in [1.807, 2.05) is 12.1 Å². The van der Waals surface area contributed by atoms with E-state index in [0.717, 1.165) is 31.9 Å². The zero-order valence-corrected chi connectivity index (χ0v) is 17.6. The third-order valence-corrected chi connectivity index (χ3v) is 6.02. The van der Waals surface area contributed by atoms with Gasteiger partial charge in [0.25, 0.3) is 11.5 Å². The quantitative estimate of drug-likeness (QED) is 0.513. The van der Waals surface area contributed by atoms with Crippen molar-refractivity contribution in [1.29, 1.82) is 0 Å². The van der Waals surface area contributed by atoms with Crippen LogP contribution < -0.4 is 15.8 Å². The topological polar surface area (TPSA) is 85.7 Å². The molecule has 0 radical (unpaired) electrons. The summed E-state index contributed by atoms with van der Waals surface area (Å²) in [6, 6.07) is 10.8. The van der Waals surface area contributed by atoms with Crippen molar-refractivity contribution < 1.29 is 9.18 Å². The SMILES string of the molecule is CNC(=O)c1ccc(N2CCN(Cc3ccc4c([nH]c(=O)c5cccn54)c3F)CC2)cn1. The molecule has 0 bridgehead atoms. The molecular formula is C23H23FN6O2. The molecule has 164 valence electrons. The van der Waals surface area contributed by atoms with Crippen LogP contribution in [0.4, 0.5) is 10.1 Å². The number of carbonyl (C=O) groups is 1. The number of aromatic amines is 1. The molecule has 0 unspecified atom stereocenters. The maximum Gasteiger partial charge on any atom is 0.272 e. The van der Waals surface area contributed by atoms with Crippen molar-refractivity contribution in [3.63, 3.8) is 0 Å². The molecule has 1 aliphatic heterocycles. The number of nitrogens with one attached hydrogen (secondary N) is 2. The zero-order chi connectivity index (χ0) is 22.2. The van der Waals surface area contributed by atoms with Gasteiger partial charge in [-0.3, -0.25) is 14.5 Å². The van der Waals surface area contributed by atoms with E-state index >= 15 is 4.39 Å². The van der Waals surface area contributed by atoms with Gasteiger partial charge in [-0.25, -0.2) is 9.37 Å². The Morgan fingerprint density at radius 3 is 2.66 bits per heavy atom. The number of aromatic nitrogens is 3. The number of piperazine rings is 1. The van der Waals surface area contributed by atoms with Crippen LogP contribution in [0.3, 0.4) is 0 Å². The van der Waals surface area contributed by atoms with Crippen LogP contribution in [0.25, 0.3) is 16.6 Å². The first-order valence-corrected chi connectivity index (χ1v) is 10.5. The molecule has 0 atom stereocenters. The molecule has 1 aliphatic rings. The van der Waals surface area contributed by atoms with Crippen LogP contribution >= 0.6 is 0 Å². The highest BCUT2D eigenvalue weighted by atomic mass is 19.1. The van der Waals surface area contributed by atoms with E-state index in [0.29, 0.717) is 28.8 Å². The zero-order valence-electron chi connectivity index (χ0n) is 17.6. The Kier molecular flexibility index (Phi) is 5.10. The van der Waals surface area contributed by atoms with Crippen LogP contribution in [0.5, 0.6) is 0 Å². The predicted molar refractivity (Wildman–Crippen MR) is 121 cm³/mol. The average Bonchev–Trinajstić information content (AvgIpc) is 3.32. The maximum atomic E-state index is 15.3. The van der Waals surface area contributed by atoms with E-state index in [-0.39, 0.29) is 22.8 Å². The second-order valence-corrected chi connectivity index (χ2v) is 7.89. The van der Waals surface area contributed by atoms with Crippen molar-refractivity contribution in [3.8, 4) is 0 Å². The van der Waals surface area contributed by atoms with Gasteiger partial charge in [-0.05, 0) is 30.3 Å². The van der Waals surface area contributed by atoms with Crippen molar-refractivity contribution in [3.05, 3.63) is 76.2 Å². The summed E-state index contributed by atoms with van der Waals surface area (Å²) in [7, 11) is 1.58. The van der Waals surface area contributed by atoms with E-state index in [4.69, 9.17) is 0 Å². The number of amides is 1. The number of H-pyrrole nitrogens is 1. The van der Waals surface area contributed by atoms with Gasteiger partial charge < -0.3 is 19.6 Å². The minimum atomic E-state index is -0.383. The van der Waals surface area contributed by atoms with E-state index in [9.17, 15) is 9.59 Å². The molecule has 32 heavy (non-hydrogen) atoms. The number of halogens is 1. The Bertz CT molecular complexity index is 1350. The summed E-state index contributed by atoms with van der Waals surface area (Å²) in [5, 5.41) is 2.56. The van der Waals surface area contributed by atoms with Gasteiger partial charge in [0.05, 0.1) is 17.4 Å². The summed E-state index contributed by atoms with van der Waals surface area (Å²) in [5.41, 5.74) is 2.98. The van der Waals surface area contributed by atoms with Gasteiger partial charge in [0.1, 0.15) is 16.7 Å². The summed E-state index contributed by atoms with van der Waals surface area (Å²) >= 11 is 0. The molecule has 1 aromatic carbocycles. The van der Waals surface area contributed by atoms with Gasteiger partial charge in [-0.2, -0.15) is 0 Å². The minimum absolute atomic E-state index is 0.211. The normalized spacial score (nSPS) is 14.9. The number of carbonyl (C=O) groups excluding carboxylic acids is 1. The van der Waals surface area contributed by atoms with Gasteiger partial charge in [-0.1, -0.05) is 6.07 Å². The number of pyridine rings is 1. The molecule has 1 amide bonds. The molecule has 1 saturated heterocycles. The standard InChI is InChI=1S/C23H23FN6O2/c1-25-22(31)17-6-5-16(13-26-17)29-11-9-28(10-12-29)14-15-4-7-18-21(20(15)24)27-23(32)19-3-2-8-30(18)19/h2-8,13H,9-12,14H2,1H3,(H,25,31)(H,27,32). The molecule has 0 saturated carbocycles. The van der Waals surface area contributed by atoms with Gasteiger partial charge in [0, 0.05) is 51.5 Å². The van der Waals surface area contributed by atoms with E-state index < -0.39 is 0 Å². The van der Waals surface area contributed by atoms with Crippen LogP contribution in [0.2, 0.25) is 0 Å². The molecule has 2 N–H and O–H groups in total. The van der Waals surface area contributed by atoms with Crippen molar-refractivity contribution >= 4 is 28.1 Å². The van der Waals surface area contributed by atoms with Gasteiger partial charge in [0.15, 0.2) is 5.82 Å². The fourth-order valence-electron chi connectivity index (χ4n) is 4.24. The third kappa shape index (κ3) is 3.50. The number of nitrogens with zero attached hydrogens (tertiary/aromatic N) is 4. The summed E-state index contributed by atoms with van der Waals surface area (Å²) in [4.78, 5) is 35.2. The van der Waals surface area contributed by atoms with Crippen LogP contribution in [0.15, 0.2) is 53.6 Å². The first-order valence-electron chi connectivity index (χ1n) is 10.5. The maximum absolute atomic E-state index is 15.3. The van der Waals surface area contributed by atoms with E-state index in [2.05, 4.69) is 25.1 Å². The summed E-state index contributed by atoms with van der Waals surface area (Å²) in [5.74, 6) is -0.593. The predicted octanol–water partition coefficient (Wildman–Crippen LogP) is 2.00. The van der Waals surface area contributed by atoms with E-state index in [1.165, 1.54) is 0 Å². The molecule has 3 aromatic heterocycles. The molecule has 1 fully saturated rings. The minimum Gasteiger partial charge on any atom is -0.368 e. The molecule has 5 rings (SSSR count). The third-order valence-electron chi connectivity index (χ3n) is 6.02. The van der Waals surface area contributed by atoms with Crippen molar-refractivity contribution in [2.75, 3.05) is 38.1 Å². The van der Waals surface area contributed by atoms with Crippen molar-refractivity contribution in [2.45, 2.75) is 6.54 Å². The highest BCUT2D eigenvalue weighted by Gasteiger charge is 2.20. The molecule has 9 heteroatoms. The van der Waals surface area contributed by atoms with Crippen LogP contribution in [-0.2, 0) is 6.54 Å². The lowest BCUT2D eigenvalue weighted by molar-refractivity contribution is 0.0958. The molecule has 0 spiro atoms. The second kappa shape index (κ2) is 8.08. The highest BCUT2D eigenvalue weighted by Crippen LogP contribution is 2.22.